The van der Waals surface area contributed by atoms with Crippen LogP contribution < -0.4 is 24.8 Å². The van der Waals surface area contributed by atoms with E-state index in [1.54, 1.807) is 0 Å². The van der Waals surface area contributed by atoms with Crippen LogP contribution in [0.5, 0.6) is 0 Å². The van der Waals surface area contributed by atoms with Crippen LogP contribution in [-0.2, 0) is 21.7 Å². The molecule has 2 aliphatic carbocycles. The molecule has 1 atom stereocenters. The Labute approximate surface area is 155 Å². The van der Waals surface area contributed by atoms with E-state index in [9.17, 15) is 0 Å². The molecule has 1 unspecified atom stereocenters. The molecule has 20 heavy (non-hydrogen) atoms. The first-order valence-electron chi connectivity index (χ1n) is 6.51. The number of allylic oxidation sites excluding steroid dienone is 7. The van der Waals surface area contributed by atoms with E-state index < -0.39 is 0 Å². The van der Waals surface area contributed by atoms with Gasteiger partial charge in [-0.25, -0.2) is 11.6 Å². The first-order chi connectivity index (χ1) is 8.27. The summed E-state index contributed by atoms with van der Waals surface area (Å²) in [6.07, 6.45) is 19.3. The Hall–Kier alpha value is 0.604. The van der Waals surface area contributed by atoms with Crippen LogP contribution in [0.3, 0.4) is 0 Å². The summed E-state index contributed by atoms with van der Waals surface area (Å²) in [6, 6.07) is 0. The Morgan fingerprint density at radius 2 is 2.05 bits per heavy atom. The Kier molecular flexibility index (Phi) is 12.8. The summed E-state index contributed by atoms with van der Waals surface area (Å²) in [5.41, 5.74) is 2.92. The maximum Gasteiger partial charge on any atom is 3.00 e. The summed E-state index contributed by atoms with van der Waals surface area (Å²) in [7, 11) is 0. The van der Waals surface area contributed by atoms with Crippen molar-refractivity contribution in [3.63, 3.8) is 0 Å². The van der Waals surface area contributed by atoms with E-state index in [-0.39, 0.29) is 46.5 Å². The average Bonchev–Trinajstić information content (AvgIpc) is 2.83. The number of halogens is 2. The van der Waals surface area contributed by atoms with Crippen molar-refractivity contribution in [2.24, 2.45) is 0 Å². The molecule has 2 rings (SSSR count). The van der Waals surface area contributed by atoms with Gasteiger partial charge in [0.15, 0.2) is 0 Å². The van der Waals surface area contributed by atoms with E-state index >= 15 is 0 Å². The van der Waals surface area contributed by atoms with Gasteiger partial charge in [-0.3, -0.25) is 6.08 Å². The van der Waals surface area contributed by atoms with Gasteiger partial charge in [0.05, 0.1) is 0 Å². The van der Waals surface area contributed by atoms with Crippen LogP contribution >= 0.6 is 11.8 Å². The fraction of sp³-hybridized carbons (Fsp3) is 0.500. The largest absolute Gasteiger partial charge is 3.00 e. The quantitative estimate of drug-likeness (QED) is 0.439. The van der Waals surface area contributed by atoms with Gasteiger partial charge in [0.2, 0.25) is 0 Å². The molecule has 0 fully saturated rings. The van der Waals surface area contributed by atoms with Gasteiger partial charge < -0.3 is 24.8 Å². The summed E-state index contributed by atoms with van der Waals surface area (Å²) in [4.78, 5) is 0. The van der Waals surface area contributed by atoms with Gasteiger partial charge in [0.1, 0.15) is 0 Å². The van der Waals surface area contributed by atoms with Gasteiger partial charge in [-0.05, 0) is 31.9 Å². The van der Waals surface area contributed by atoms with Gasteiger partial charge in [-0.1, -0.05) is 30.7 Å². The van der Waals surface area contributed by atoms with Gasteiger partial charge in [0.25, 0.3) is 0 Å². The fourth-order valence-corrected chi connectivity index (χ4v) is 3.76. The topological polar surface area (TPSA) is 0 Å². The van der Waals surface area contributed by atoms with Crippen LogP contribution in [0.15, 0.2) is 41.5 Å². The van der Waals surface area contributed by atoms with Crippen molar-refractivity contribution in [2.75, 3.05) is 5.75 Å². The third kappa shape index (κ3) is 5.77. The molecule has 0 amide bonds. The molecule has 0 aromatic heterocycles. The Balaban J connectivity index is 0. The third-order valence-electron chi connectivity index (χ3n) is 3.47. The van der Waals surface area contributed by atoms with Crippen LogP contribution in [0.2, 0.25) is 0 Å². The molecule has 0 spiro atoms. The predicted octanol–water partition coefficient (Wildman–Crippen LogP) is -1.14. The summed E-state index contributed by atoms with van der Waals surface area (Å²) in [5.74, 6) is 1.25. The second kappa shape index (κ2) is 11.2. The maximum atomic E-state index is 3.47. The number of hydrogen-bond acceptors (Lipinski definition) is 1. The molecular formula is C16H21Cl2STi. The van der Waals surface area contributed by atoms with Crippen molar-refractivity contribution in [3.8, 4) is 0 Å². The van der Waals surface area contributed by atoms with Crippen LogP contribution in [0.25, 0.3) is 0 Å². The second-order valence-electron chi connectivity index (χ2n) is 4.81. The number of thioether (sulfide) groups is 1. The van der Waals surface area contributed by atoms with E-state index in [1.807, 2.05) is 0 Å². The molecule has 109 valence electrons. The monoisotopic (exact) mass is 363 g/mol. The first-order valence-corrected chi connectivity index (χ1v) is 7.49. The first kappa shape index (κ1) is 22.9. The number of hydrogen-bond donors (Lipinski definition) is 0. The summed E-state index contributed by atoms with van der Waals surface area (Å²) in [6.45, 7) is 4.55. The van der Waals surface area contributed by atoms with Gasteiger partial charge in [-0.2, -0.15) is 17.8 Å². The molecule has 0 bridgehead atoms. The minimum Gasteiger partial charge on any atom is -1.00 e. The summed E-state index contributed by atoms with van der Waals surface area (Å²) in [5, 5.41) is 0. The molecule has 0 saturated carbocycles. The number of rotatable bonds is 5. The molecular weight excluding hydrogens is 343 g/mol. The predicted molar refractivity (Wildman–Crippen MR) is 78.1 cm³/mol. The van der Waals surface area contributed by atoms with Crippen molar-refractivity contribution >= 4 is 11.8 Å². The fourth-order valence-electron chi connectivity index (χ4n) is 2.40. The van der Waals surface area contributed by atoms with Crippen molar-refractivity contribution in [2.45, 2.75) is 44.3 Å². The van der Waals surface area contributed by atoms with Crippen molar-refractivity contribution < 1.29 is 46.5 Å². The van der Waals surface area contributed by atoms with Gasteiger partial charge >= 0.3 is 21.7 Å². The van der Waals surface area contributed by atoms with E-state index in [4.69, 9.17) is 0 Å². The summed E-state index contributed by atoms with van der Waals surface area (Å²) >= 11 is 2.13. The molecule has 0 aromatic carbocycles. The van der Waals surface area contributed by atoms with Crippen molar-refractivity contribution in [1.29, 1.82) is 0 Å². The van der Waals surface area contributed by atoms with Gasteiger partial charge in [-0.15, -0.1) is 6.42 Å². The minimum absolute atomic E-state index is 0. The normalized spacial score (nSPS) is 23.1. The molecule has 0 saturated heterocycles. The molecule has 0 N–H and O–H groups in total. The molecule has 0 heterocycles. The maximum absolute atomic E-state index is 3.47. The zero-order valence-electron chi connectivity index (χ0n) is 12.1. The van der Waals surface area contributed by atoms with E-state index in [2.05, 4.69) is 62.1 Å². The Bertz CT molecular complexity index is 399. The molecule has 2 aliphatic rings. The van der Waals surface area contributed by atoms with Crippen LogP contribution in [-0.4, -0.2) is 10.5 Å². The summed E-state index contributed by atoms with van der Waals surface area (Å²) < 4.78 is 0.293. The SMILES string of the molecule is CCCSC1(CC2=[C-]CC=C2)CC=CC=C1C.[Cl-].[Cl-].[Ti+3]. The van der Waals surface area contributed by atoms with Crippen molar-refractivity contribution in [3.05, 3.63) is 47.6 Å². The molecule has 4 heteroatoms. The van der Waals surface area contributed by atoms with Crippen LogP contribution in [0.4, 0.5) is 0 Å². The average molecular weight is 364 g/mol. The van der Waals surface area contributed by atoms with Crippen LogP contribution in [0, 0.1) is 6.08 Å². The molecule has 0 aromatic rings. The molecule has 0 nitrogen and oxygen atoms in total. The second-order valence-corrected chi connectivity index (χ2v) is 6.29. The smallest absolute Gasteiger partial charge is 1.00 e. The zero-order chi connectivity index (χ0) is 12.1. The van der Waals surface area contributed by atoms with Crippen molar-refractivity contribution in [1.82, 2.24) is 0 Å². The Morgan fingerprint density at radius 1 is 1.30 bits per heavy atom. The van der Waals surface area contributed by atoms with E-state index in [0.29, 0.717) is 4.75 Å². The standard InChI is InChI=1S/C16H21S.2ClH.Ti/c1-3-12-17-16(11-7-6-8-14(16)2)13-15-9-4-5-10-15;;;/h4,6-9H,3,5,11-13H2,1-2H3;2*1H;/q-1;;;+3/p-2. The van der Waals surface area contributed by atoms with Gasteiger partial charge in [0, 0.05) is 4.75 Å². The van der Waals surface area contributed by atoms with E-state index in [1.165, 1.54) is 29.7 Å². The van der Waals surface area contributed by atoms with E-state index in [0.717, 1.165) is 12.8 Å². The molecule has 1 radical (unpaired) electrons. The van der Waals surface area contributed by atoms with Crippen LogP contribution in [0.1, 0.15) is 39.5 Å². The molecule has 0 aliphatic heterocycles. The third-order valence-corrected chi connectivity index (χ3v) is 5.27. The zero-order valence-corrected chi connectivity index (χ0v) is 16.0. The minimum atomic E-state index is 0. The Morgan fingerprint density at radius 3 is 2.60 bits per heavy atom.